The number of aliphatic hydroxyl groups excluding tert-OH is 1. The molecule has 1 atom stereocenters. The summed E-state index contributed by atoms with van der Waals surface area (Å²) in [5, 5.41) is 12.1. The number of carbonyl (C=O) groups excluding carboxylic acids is 1. The van der Waals surface area contributed by atoms with Crippen molar-refractivity contribution in [1.82, 2.24) is 10.3 Å². The Kier molecular flexibility index (Phi) is 4.04. The van der Waals surface area contributed by atoms with Crippen molar-refractivity contribution in [3.63, 3.8) is 0 Å². The van der Waals surface area contributed by atoms with Crippen molar-refractivity contribution in [2.75, 3.05) is 6.61 Å². The standard InChI is InChI=1S/C14H14N2O2/c17-10-13(11-4-2-1-3-5-11)16-14(18)12-6-8-15-9-7-12/h1-9,13,17H,10H2,(H,16,18). The van der Waals surface area contributed by atoms with E-state index in [0.717, 1.165) is 5.56 Å². The summed E-state index contributed by atoms with van der Waals surface area (Å²) in [6, 6.07) is 12.2. The van der Waals surface area contributed by atoms with Gasteiger partial charge in [0.2, 0.25) is 0 Å². The first-order chi connectivity index (χ1) is 8.81. The molecule has 1 heterocycles. The molecule has 0 spiro atoms. The molecule has 4 heteroatoms. The van der Waals surface area contributed by atoms with Crippen LogP contribution in [0, 0.1) is 0 Å². The normalized spacial score (nSPS) is 11.8. The van der Waals surface area contributed by atoms with Crippen molar-refractivity contribution in [1.29, 1.82) is 0 Å². The van der Waals surface area contributed by atoms with Gasteiger partial charge in [0.05, 0.1) is 12.6 Å². The predicted molar refractivity (Wildman–Crippen MR) is 68.0 cm³/mol. The zero-order valence-corrected chi connectivity index (χ0v) is 9.78. The molecular weight excluding hydrogens is 228 g/mol. The van der Waals surface area contributed by atoms with Crippen molar-refractivity contribution in [3.8, 4) is 0 Å². The lowest BCUT2D eigenvalue weighted by atomic mass is 10.1. The molecule has 18 heavy (non-hydrogen) atoms. The molecule has 2 rings (SSSR count). The minimum Gasteiger partial charge on any atom is -0.394 e. The maximum absolute atomic E-state index is 11.9. The van der Waals surface area contributed by atoms with Crippen LogP contribution in [0.5, 0.6) is 0 Å². The second-order valence-electron chi connectivity index (χ2n) is 3.86. The molecule has 0 saturated carbocycles. The third-order valence-electron chi connectivity index (χ3n) is 2.63. The summed E-state index contributed by atoms with van der Waals surface area (Å²) in [5.74, 6) is -0.222. The van der Waals surface area contributed by atoms with E-state index >= 15 is 0 Å². The Morgan fingerprint density at radius 2 is 1.83 bits per heavy atom. The van der Waals surface area contributed by atoms with Crippen LogP contribution in [0.4, 0.5) is 0 Å². The summed E-state index contributed by atoms with van der Waals surface area (Å²) in [7, 11) is 0. The van der Waals surface area contributed by atoms with E-state index < -0.39 is 6.04 Å². The predicted octanol–water partition coefficient (Wildman–Crippen LogP) is 1.55. The number of rotatable bonds is 4. The minimum atomic E-state index is -0.396. The number of pyridine rings is 1. The average molecular weight is 242 g/mol. The highest BCUT2D eigenvalue weighted by atomic mass is 16.3. The van der Waals surface area contributed by atoms with E-state index in [-0.39, 0.29) is 12.5 Å². The van der Waals surface area contributed by atoms with Crippen molar-refractivity contribution in [2.24, 2.45) is 0 Å². The number of hydrogen-bond acceptors (Lipinski definition) is 3. The first kappa shape index (κ1) is 12.3. The summed E-state index contributed by atoms with van der Waals surface area (Å²) in [4.78, 5) is 15.8. The van der Waals surface area contributed by atoms with Gasteiger partial charge in [-0.05, 0) is 17.7 Å². The molecule has 0 bridgehead atoms. The smallest absolute Gasteiger partial charge is 0.251 e. The molecule has 0 aliphatic heterocycles. The number of carbonyl (C=O) groups is 1. The van der Waals surface area contributed by atoms with E-state index in [2.05, 4.69) is 10.3 Å². The van der Waals surface area contributed by atoms with Gasteiger partial charge in [-0.1, -0.05) is 30.3 Å². The van der Waals surface area contributed by atoms with Gasteiger partial charge in [-0.2, -0.15) is 0 Å². The fourth-order valence-corrected chi connectivity index (χ4v) is 1.66. The Bertz CT molecular complexity index is 500. The Labute approximate surface area is 105 Å². The second kappa shape index (κ2) is 5.93. The SMILES string of the molecule is O=C(NC(CO)c1ccccc1)c1ccncc1. The molecule has 0 radical (unpaired) electrons. The molecule has 4 nitrogen and oxygen atoms in total. The monoisotopic (exact) mass is 242 g/mol. The van der Waals surface area contributed by atoms with Gasteiger partial charge in [-0.25, -0.2) is 0 Å². The number of nitrogens with zero attached hydrogens (tertiary/aromatic N) is 1. The highest BCUT2D eigenvalue weighted by Crippen LogP contribution is 2.12. The van der Waals surface area contributed by atoms with Crippen LogP contribution in [0.15, 0.2) is 54.9 Å². The van der Waals surface area contributed by atoms with Crippen molar-refractivity contribution in [2.45, 2.75) is 6.04 Å². The fourth-order valence-electron chi connectivity index (χ4n) is 1.66. The van der Waals surface area contributed by atoms with Crippen LogP contribution in [0.1, 0.15) is 22.0 Å². The second-order valence-corrected chi connectivity index (χ2v) is 3.86. The summed E-state index contributed by atoms with van der Waals surface area (Å²) in [6.07, 6.45) is 3.12. The summed E-state index contributed by atoms with van der Waals surface area (Å²) >= 11 is 0. The lowest BCUT2D eigenvalue weighted by Crippen LogP contribution is -2.30. The zero-order chi connectivity index (χ0) is 12.8. The van der Waals surface area contributed by atoms with Gasteiger partial charge in [0.15, 0.2) is 0 Å². The molecule has 0 aliphatic rings. The maximum atomic E-state index is 11.9. The Balaban J connectivity index is 2.10. The maximum Gasteiger partial charge on any atom is 0.251 e. The molecule has 0 saturated heterocycles. The van der Waals surface area contributed by atoms with Gasteiger partial charge in [-0.3, -0.25) is 9.78 Å². The summed E-state index contributed by atoms with van der Waals surface area (Å²) in [5.41, 5.74) is 1.40. The Morgan fingerprint density at radius 1 is 1.17 bits per heavy atom. The number of benzene rings is 1. The fraction of sp³-hybridized carbons (Fsp3) is 0.143. The molecule has 1 aromatic heterocycles. The number of aliphatic hydroxyl groups is 1. The molecule has 1 amide bonds. The van der Waals surface area contributed by atoms with Crippen molar-refractivity contribution >= 4 is 5.91 Å². The van der Waals surface area contributed by atoms with Crippen LogP contribution < -0.4 is 5.32 Å². The third-order valence-corrected chi connectivity index (χ3v) is 2.63. The van der Waals surface area contributed by atoms with E-state index in [4.69, 9.17) is 0 Å². The summed E-state index contributed by atoms with van der Waals surface area (Å²) < 4.78 is 0. The highest BCUT2D eigenvalue weighted by Gasteiger charge is 2.14. The van der Waals surface area contributed by atoms with Gasteiger partial charge in [-0.15, -0.1) is 0 Å². The van der Waals surface area contributed by atoms with Crippen LogP contribution in [-0.4, -0.2) is 22.6 Å². The number of aromatic nitrogens is 1. The van der Waals surface area contributed by atoms with Crippen LogP contribution in [-0.2, 0) is 0 Å². The van der Waals surface area contributed by atoms with Gasteiger partial charge < -0.3 is 10.4 Å². The lowest BCUT2D eigenvalue weighted by molar-refractivity contribution is 0.0916. The quantitative estimate of drug-likeness (QED) is 0.855. The molecule has 2 aromatic rings. The first-order valence-electron chi connectivity index (χ1n) is 5.68. The van der Waals surface area contributed by atoms with Gasteiger partial charge >= 0.3 is 0 Å². The topological polar surface area (TPSA) is 62.2 Å². The number of nitrogens with one attached hydrogen (secondary N) is 1. The largest absolute Gasteiger partial charge is 0.394 e. The van der Waals surface area contributed by atoms with Crippen LogP contribution in [0.25, 0.3) is 0 Å². The van der Waals surface area contributed by atoms with Crippen molar-refractivity contribution < 1.29 is 9.90 Å². The average Bonchev–Trinajstić information content (AvgIpc) is 2.46. The van der Waals surface area contributed by atoms with E-state index in [1.807, 2.05) is 30.3 Å². The Hall–Kier alpha value is -2.20. The zero-order valence-electron chi connectivity index (χ0n) is 9.78. The van der Waals surface area contributed by atoms with Gasteiger partial charge in [0, 0.05) is 18.0 Å². The molecule has 0 aliphatic carbocycles. The van der Waals surface area contributed by atoms with Crippen LogP contribution >= 0.6 is 0 Å². The van der Waals surface area contributed by atoms with Gasteiger partial charge in [0.25, 0.3) is 5.91 Å². The third kappa shape index (κ3) is 2.93. The highest BCUT2D eigenvalue weighted by molar-refractivity contribution is 5.94. The molecule has 2 N–H and O–H groups in total. The van der Waals surface area contributed by atoms with Crippen LogP contribution in [0.3, 0.4) is 0 Å². The summed E-state index contributed by atoms with van der Waals surface area (Å²) in [6.45, 7) is -0.138. The molecule has 92 valence electrons. The van der Waals surface area contributed by atoms with Crippen molar-refractivity contribution in [3.05, 3.63) is 66.0 Å². The molecule has 0 fully saturated rings. The van der Waals surface area contributed by atoms with E-state index in [1.165, 1.54) is 0 Å². The molecular formula is C14H14N2O2. The minimum absolute atomic E-state index is 0.138. The Morgan fingerprint density at radius 3 is 2.44 bits per heavy atom. The van der Waals surface area contributed by atoms with E-state index in [9.17, 15) is 9.90 Å². The molecule has 1 unspecified atom stereocenters. The van der Waals surface area contributed by atoms with E-state index in [0.29, 0.717) is 5.56 Å². The lowest BCUT2D eigenvalue weighted by Gasteiger charge is -2.16. The number of amides is 1. The van der Waals surface area contributed by atoms with Crippen LogP contribution in [0.2, 0.25) is 0 Å². The van der Waals surface area contributed by atoms with E-state index in [1.54, 1.807) is 24.5 Å². The van der Waals surface area contributed by atoms with Gasteiger partial charge in [0.1, 0.15) is 0 Å². The number of hydrogen-bond donors (Lipinski definition) is 2. The first-order valence-corrected chi connectivity index (χ1v) is 5.68. The molecule has 1 aromatic carbocycles.